The third kappa shape index (κ3) is 4.48. The van der Waals surface area contributed by atoms with Gasteiger partial charge in [0.05, 0.1) is 18.8 Å². The van der Waals surface area contributed by atoms with Crippen LogP contribution in [0, 0.1) is 6.92 Å². The number of carbonyl (C=O) groups excluding carboxylic acids is 4. The van der Waals surface area contributed by atoms with Crippen LogP contribution in [0.2, 0.25) is 0 Å². The third-order valence-corrected chi connectivity index (χ3v) is 5.45. The normalized spacial score (nSPS) is 15.6. The lowest BCUT2D eigenvalue weighted by molar-refractivity contribution is -0.125. The molecule has 10 nitrogen and oxygen atoms in total. The number of benzene rings is 2. The maximum atomic E-state index is 12.4. The van der Waals surface area contributed by atoms with Gasteiger partial charge in [-0.05, 0) is 35.7 Å². The molecule has 2 fully saturated rings. The van der Waals surface area contributed by atoms with Gasteiger partial charge in [0.15, 0.2) is 0 Å². The van der Waals surface area contributed by atoms with Gasteiger partial charge in [-0.15, -0.1) is 0 Å². The van der Waals surface area contributed by atoms with Crippen molar-refractivity contribution in [2.45, 2.75) is 20.0 Å². The molecule has 0 unspecified atom stereocenters. The molecule has 166 valence electrons. The number of hydrogen-bond donors (Lipinski definition) is 4. The van der Waals surface area contributed by atoms with E-state index in [0.29, 0.717) is 25.3 Å². The van der Waals surface area contributed by atoms with Crippen LogP contribution < -0.4 is 26.2 Å². The molecule has 0 atom stereocenters. The summed E-state index contributed by atoms with van der Waals surface area (Å²) in [6.45, 7) is 3.59. The Morgan fingerprint density at radius 2 is 1.75 bits per heavy atom. The van der Waals surface area contributed by atoms with E-state index in [1.165, 1.54) is 4.90 Å². The highest BCUT2D eigenvalue weighted by Crippen LogP contribution is 2.27. The zero-order chi connectivity index (χ0) is 22.7. The van der Waals surface area contributed by atoms with E-state index >= 15 is 0 Å². The minimum Gasteiger partial charge on any atom is -0.336 e. The highest BCUT2D eigenvalue weighted by molar-refractivity contribution is 6.01. The Balaban J connectivity index is 1.32. The summed E-state index contributed by atoms with van der Waals surface area (Å²) in [5, 5.41) is 10.9. The fourth-order valence-corrected chi connectivity index (χ4v) is 3.66. The predicted molar refractivity (Wildman–Crippen MR) is 118 cm³/mol. The molecule has 10 heteroatoms. The Morgan fingerprint density at radius 1 is 1.00 bits per heavy atom. The van der Waals surface area contributed by atoms with Crippen molar-refractivity contribution in [3.63, 3.8) is 0 Å². The van der Waals surface area contributed by atoms with Gasteiger partial charge in [0.2, 0.25) is 5.91 Å². The van der Waals surface area contributed by atoms with Gasteiger partial charge in [0.1, 0.15) is 0 Å². The number of hydrogen-bond acceptors (Lipinski definition) is 4. The lowest BCUT2D eigenvalue weighted by Gasteiger charge is -2.19. The third-order valence-electron chi connectivity index (χ3n) is 5.45. The first kappa shape index (κ1) is 21.2. The average molecular weight is 436 g/mol. The van der Waals surface area contributed by atoms with Crippen molar-refractivity contribution < 1.29 is 19.2 Å². The van der Waals surface area contributed by atoms with Gasteiger partial charge < -0.3 is 21.3 Å². The molecule has 2 heterocycles. The van der Waals surface area contributed by atoms with Crippen LogP contribution in [0.25, 0.3) is 0 Å². The standard InChI is InChI=1S/C22H24N6O4/c1-14-17(3-2-4-18(14)27-10-9-23-21(27)31)26-20(30)24-11-15-5-7-16(8-6-15)13-28-19(29)12-25-22(28)32/h2-8H,9-13H2,1H3,(H,23,31)(H,25,32)(H2,24,26,30). The molecule has 4 N–H and O–H groups in total. The van der Waals surface area contributed by atoms with E-state index in [0.717, 1.165) is 22.4 Å². The van der Waals surface area contributed by atoms with Crippen LogP contribution in [0.3, 0.4) is 0 Å². The zero-order valence-electron chi connectivity index (χ0n) is 17.6. The van der Waals surface area contributed by atoms with Gasteiger partial charge >= 0.3 is 18.1 Å². The molecule has 2 aromatic carbocycles. The second kappa shape index (κ2) is 8.96. The highest BCUT2D eigenvalue weighted by atomic mass is 16.2. The molecular formula is C22H24N6O4. The van der Waals surface area contributed by atoms with Crippen LogP contribution in [0.4, 0.5) is 25.8 Å². The smallest absolute Gasteiger partial charge is 0.324 e. The zero-order valence-corrected chi connectivity index (χ0v) is 17.6. The Hall–Kier alpha value is -4.08. The van der Waals surface area contributed by atoms with E-state index < -0.39 is 0 Å². The number of nitrogens with one attached hydrogen (secondary N) is 4. The number of amides is 7. The molecule has 0 saturated carbocycles. The van der Waals surface area contributed by atoms with E-state index in [4.69, 9.17) is 0 Å². The van der Waals surface area contributed by atoms with Gasteiger partial charge in [0.25, 0.3) is 0 Å². The van der Waals surface area contributed by atoms with Crippen LogP contribution in [0.1, 0.15) is 16.7 Å². The van der Waals surface area contributed by atoms with Crippen molar-refractivity contribution in [3.8, 4) is 0 Å². The van der Waals surface area contributed by atoms with E-state index in [9.17, 15) is 19.2 Å². The highest BCUT2D eigenvalue weighted by Gasteiger charge is 2.28. The van der Waals surface area contributed by atoms with Gasteiger partial charge in [-0.1, -0.05) is 30.3 Å². The Morgan fingerprint density at radius 3 is 2.41 bits per heavy atom. The summed E-state index contributed by atoms with van der Waals surface area (Å²) < 4.78 is 0. The van der Waals surface area contributed by atoms with Crippen LogP contribution >= 0.6 is 0 Å². The molecule has 32 heavy (non-hydrogen) atoms. The Kier molecular flexibility index (Phi) is 5.93. The lowest BCUT2D eigenvalue weighted by atomic mass is 10.1. The van der Waals surface area contributed by atoms with Crippen molar-refractivity contribution >= 4 is 35.4 Å². The van der Waals surface area contributed by atoms with E-state index in [1.807, 2.05) is 37.3 Å². The minimum absolute atomic E-state index is 0.0313. The predicted octanol–water partition coefficient (Wildman–Crippen LogP) is 1.90. The molecule has 0 radical (unpaired) electrons. The molecule has 2 aliphatic heterocycles. The molecule has 0 aliphatic carbocycles. The molecule has 0 bridgehead atoms. The van der Waals surface area contributed by atoms with Crippen molar-refractivity contribution in [1.29, 1.82) is 0 Å². The van der Waals surface area contributed by atoms with Crippen molar-refractivity contribution in [2.75, 3.05) is 29.9 Å². The second-order valence-electron chi connectivity index (χ2n) is 7.60. The first-order valence-corrected chi connectivity index (χ1v) is 10.3. The second-order valence-corrected chi connectivity index (χ2v) is 7.60. The summed E-state index contributed by atoms with van der Waals surface area (Å²) in [5.74, 6) is -0.248. The van der Waals surface area contributed by atoms with Gasteiger partial charge in [-0.2, -0.15) is 0 Å². The van der Waals surface area contributed by atoms with E-state index in [-0.39, 0.29) is 37.1 Å². The SMILES string of the molecule is Cc1c(NC(=O)NCc2ccc(CN3C(=O)CNC3=O)cc2)cccc1N1CCNC1=O. The van der Waals surface area contributed by atoms with Crippen molar-refractivity contribution in [2.24, 2.45) is 0 Å². The number of nitrogens with zero attached hydrogens (tertiary/aromatic N) is 2. The molecule has 7 amide bonds. The fourth-order valence-electron chi connectivity index (χ4n) is 3.66. The topological polar surface area (TPSA) is 123 Å². The molecule has 0 spiro atoms. The quantitative estimate of drug-likeness (QED) is 0.517. The number of imide groups is 1. The number of anilines is 2. The molecule has 0 aromatic heterocycles. The summed E-state index contributed by atoms with van der Waals surface area (Å²) in [6.07, 6.45) is 0. The number of carbonyl (C=O) groups is 4. The molecule has 2 aromatic rings. The van der Waals surface area contributed by atoms with Crippen LogP contribution in [0.5, 0.6) is 0 Å². The first-order chi connectivity index (χ1) is 15.4. The molecule has 4 rings (SSSR count). The van der Waals surface area contributed by atoms with E-state index in [1.54, 1.807) is 17.0 Å². The van der Waals surface area contributed by atoms with Crippen LogP contribution in [-0.4, -0.2) is 48.5 Å². The molecule has 2 aliphatic rings. The van der Waals surface area contributed by atoms with Crippen LogP contribution in [-0.2, 0) is 17.9 Å². The molecule has 2 saturated heterocycles. The number of urea groups is 3. The van der Waals surface area contributed by atoms with E-state index in [2.05, 4.69) is 21.3 Å². The summed E-state index contributed by atoms with van der Waals surface area (Å²) in [5.41, 5.74) is 3.90. The monoisotopic (exact) mass is 436 g/mol. The minimum atomic E-state index is -0.387. The largest absolute Gasteiger partial charge is 0.336 e. The van der Waals surface area contributed by atoms with Gasteiger partial charge in [0, 0.05) is 25.3 Å². The average Bonchev–Trinajstić information content (AvgIpc) is 3.35. The number of rotatable bonds is 6. The maximum Gasteiger partial charge on any atom is 0.324 e. The van der Waals surface area contributed by atoms with Crippen molar-refractivity contribution in [1.82, 2.24) is 20.9 Å². The lowest BCUT2D eigenvalue weighted by Crippen LogP contribution is -2.30. The maximum absolute atomic E-state index is 12.4. The first-order valence-electron chi connectivity index (χ1n) is 10.3. The summed E-state index contributed by atoms with van der Waals surface area (Å²) in [4.78, 5) is 50.5. The Bertz CT molecular complexity index is 1050. The fraction of sp³-hybridized carbons (Fsp3) is 0.273. The van der Waals surface area contributed by atoms with Gasteiger partial charge in [-0.25, -0.2) is 14.4 Å². The van der Waals surface area contributed by atoms with Crippen LogP contribution in [0.15, 0.2) is 42.5 Å². The Labute approximate surface area is 184 Å². The summed E-state index contributed by atoms with van der Waals surface area (Å²) in [6, 6.07) is 11.9. The summed E-state index contributed by atoms with van der Waals surface area (Å²) >= 11 is 0. The van der Waals surface area contributed by atoms with Crippen molar-refractivity contribution in [3.05, 3.63) is 59.2 Å². The summed E-state index contributed by atoms with van der Waals surface area (Å²) in [7, 11) is 0. The molecular weight excluding hydrogens is 412 g/mol. The van der Waals surface area contributed by atoms with Gasteiger partial charge in [-0.3, -0.25) is 14.6 Å².